The Balaban J connectivity index is 4.63. The Hall–Kier alpha value is -2.10. The molecular formula is C43H78N2O7P+. The van der Waals surface area contributed by atoms with Crippen LogP contribution in [0.5, 0.6) is 0 Å². The lowest BCUT2D eigenvalue weighted by Crippen LogP contribution is -2.51. The van der Waals surface area contributed by atoms with Gasteiger partial charge < -0.3 is 24.9 Å². The molecule has 306 valence electrons. The molecule has 0 rings (SSSR count). The van der Waals surface area contributed by atoms with Gasteiger partial charge in [-0.2, -0.15) is 0 Å². The average molecular weight is 766 g/mol. The number of phosphoric ester groups is 1. The van der Waals surface area contributed by atoms with Crippen molar-refractivity contribution in [1.29, 1.82) is 0 Å². The quantitative estimate of drug-likeness (QED) is 0.0219. The second-order valence-corrected chi connectivity index (χ2v) is 16.2. The summed E-state index contributed by atoms with van der Waals surface area (Å²) in [7, 11) is 1.38. The second-order valence-electron chi connectivity index (χ2n) is 14.7. The molecular weight excluding hydrogens is 687 g/mol. The van der Waals surface area contributed by atoms with Crippen molar-refractivity contribution in [1.82, 2.24) is 5.32 Å². The van der Waals surface area contributed by atoms with Crippen LogP contribution in [0.15, 0.2) is 72.9 Å². The van der Waals surface area contributed by atoms with Gasteiger partial charge in [-0.05, 0) is 90.4 Å². The van der Waals surface area contributed by atoms with Crippen LogP contribution in [0.25, 0.3) is 0 Å². The molecule has 0 bridgehead atoms. The summed E-state index contributed by atoms with van der Waals surface area (Å²) in [6.45, 7) is 4.20. The van der Waals surface area contributed by atoms with Crippen molar-refractivity contribution >= 4 is 13.7 Å². The molecule has 53 heavy (non-hydrogen) atoms. The van der Waals surface area contributed by atoms with Gasteiger partial charge in [0.15, 0.2) is 0 Å². The lowest BCUT2D eigenvalue weighted by Gasteiger charge is -2.28. The summed E-state index contributed by atoms with van der Waals surface area (Å²) in [5, 5.41) is 24.5. The standard InChI is InChI=1S/C43H77N2O7P/c1-6-8-10-12-14-16-18-20-21-22-23-24-26-28-30-32-34-36-42(47)44-40(39-52-53(49,50)51-38-37-45(3,4)5)43(48)41(46)35-33-31-29-27-25-19-17-15-13-11-9-7-2/h7-10,14-17,20-21,27,29,40-41,43,46,48H,6,11-13,18-19,22-26,28,30-39H2,1-5H3,(H-,44,47,49,50)/p+1/b9-7+,10-8-,16-14-,17-15+,21-20-,29-27+. The lowest BCUT2D eigenvalue weighted by atomic mass is 10.0. The molecule has 0 saturated carbocycles. The third kappa shape index (κ3) is 35.4. The van der Waals surface area contributed by atoms with E-state index in [0.29, 0.717) is 30.3 Å². The molecule has 4 atom stereocenters. The third-order valence-corrected chi connectivity index (χ3v) is 9.57. The number of aliphatic hydroxyl groups excluding tert-OH is 2. The summed E-state index contributed by atoms with van der Waals surface area (Å²) in [4.78, 5) is 23.1. The Labute approximate surface area is 324 Å². The molecule has 4 N–H and O–H groups in total. The van der Waals surface area contributed by atoms with Gasteiger partial charge in [-0.3, -0.25) is 13.8 Å². The summed E-state index contributed by atoms with van der Waals surface area (Å²) >= 11 is 0. The van der Waals surface area contributed by atoms with Crippen LogP contribution in [0.4, 0.5) is 0 Å². The van der Waals surface area contributed by atoms with E-state index in [-0.39, 0.29) is 18.9 Å². The number of nitrogens with zero attached hydrogens (tertiary/aromatic N) is 1. The number of quaternary nitrogens is 1. The fraction of sp³-hybridized carbons (Fsp3) is 0.698. The molecule has 0 fully saturated rings. The number of aliphatic hydroxyl groups is 2. The van der Waals surface area contributed by atoms with Gasteiger partial charge in [0.25, 0.3) is 0 Å². The van der Waals surface area contributed by atoms with E-state index in [1.807, 2.05) is 28.1 Å². The maximum Gasteiger partial charge on any atom is 0.472 e. The Kier molecular flexibility index (Phi) is 33.0. The zero-order valence-electron chi connectivity index (χ0n) is 34.1. The van der Waals surface area contributed by atoms with Gasteiger partial charge in [-0.15, -0.1) is 0 Å². The minimum atomic E-state index is -4.43. The van der Waals surface area contributed by atoms with E-state index in [2.05, 4.69) is 85.2 Å². The van der Waals surface area contributed by atoms with Crippen LogP contribution in [-0.4, -0.2) is 84.6 Å². The van der Waals surface area contributed by atoms with Gasteiger partial charge in [0.05, 0.1) is 39.9 Å². The number of unbranched alkanes of at least 4 members (excludes halogenated alkanes) is 10. The smallest absolute Gasteiger partial charge is 0.390 e. The van der Waals surface area contributed by atoms with E-state index in [1.54, 1.807) is 0 Å². The number of carbonyl (C=O) groups is 1. The summed E-state index contributed by atoms with van der Waals surface area (Å²) < 4.78 is 23.4. The predicted molar refractivity (Wildman–Crippen MR) is 222 cm³/mol. The first-order chi connectivity index (χ1) is 25.4. The average Bonchev–Trinajstić information content (AvgIpc) is 3.10. The largest absolute Gasteiger partial charge is 0.472 e. The van der Waals surface area contributed by atoms with Crippen molar-refractivity contribution in [2.75, 3.05) is 40.9 Å². The fourth-order valence-corrected chi connectivity index (χ4v) is 6.05. The van der Waals surface area contributed by atoms with E-state index in [9.17, 15) is 24.5 Å². The van der Waals surface area contributed by atoms with Crippen LogP contribution in [0.3, 0.4) is 0 Å². The number of amides is 1. The zero-order valence-corrected chi connectivity index (χ0v) is 35.0. The molecule has 1 amide bonds. The van der Waals surface area contributed by atoms with Crippen LogP contribution < -0.4 is 5.32 Å². The van der Waals surface area contributed by atoms with Crippen LogP contribution in [0.1, 0.15) is 136 Å². The molecule has 0 aliphatic carbocycles. The normalized spacial score (nSPS) is 15.8. The number of rotatable bonds is 35. The van der Waals surface area contributed by atoms with Crippen molar-refractivity contribution in [2.24, 2.45) is 0 Å². The second kappa shape index (κ2) is 34.4. The third-order valence-electron chi connectivity index (χ3n) is 8.58. The van der Waals surface area contributed by atoms with E-state index < -0.39 is 32.7 Å². The Morgan fingerprint density at radius 1 is 0.698 bits per heavy atom. The van der Waals surface area contributed by atoms with Gasteiger partial charge in [0.2, 0.25) is 5.91 Å². The number of carbonyl (C=O) groups excluding carboxylic acids is 1. The molecule has 0 spiro atoms. The van der Waals surface area contributed by atoms with Crippen molar-refractivity contribution in [3.8, 4) is 0 Å². The van der Waals surface area contributed by atoms with Crippen LogP contribution in [0, 0.1) is 0 Å². The highest BCUT2D eigenvalue weighted by Gasteiger charge is 2.31. The minimum absolute atomic E-state index is 0.00628. The maximum atomic E-state index is 12.9. The molecule has 0 aliphatic heterocycles. The number of phosphoric acid groups is 1. The van der Waals surface area contributed by atoms with E-state index in [0.717, 1.165) is 77.0 Å². The van der Waals surface area contributed by atoms with Crippen LogP contribution >= 0.6 is 7.82 Å². The number of hydrogen-bond donors (Lipinski definition) is 4. The minimum Gasteiger partial charge on any atom is -0.390 e. The predicted octanol–water partition coefficient (Wildman–Crippen LogP) is 9.82. The number of allylic oxidation sites excluding steroid dienone is 12. The van der Waals surface area contributed by atoms with E-state index >= 15 is 0 Å². The van der Waals surface area contributed by atoms with E-state index in [4.69, 9.17) is 9.05 Å². The number of likely N-dealkylation sites (N-methyl/N-ethyl adjacent to an activating group) is 1. The molecule has 4 unspecified atom stereocenters. The molecule has 9 nitrogen and oxygen atoms in total. The molecule has 0 aliphatic rings. The van der Waals surface area contributed by atoms with E-state index in [1.165, 1.54) is 19.3 Å². The SMILES string of the molecule is C/C=C/CC/C=C/CC/C=C/CCCC(O)C(O)C(COP(=O)(O)OCC[N+](C)(C)C)NC(=O)CCCCCCCCC/C=C\C/C=C\C/C=C\CC. The van der Waals surface area contributed by atoms with Crippen LogP contribution in [-0.2, 0) is 18.4 Å². The summed E-state index contributed by atoms with van der Waals surface area (Å²) in [6.07, 6.45) is 41.2. The highest BCUT2D eigenvalue weighted by Crippen LogP contribution is 2.43. The highest BCUT2D eigenvalue weighted by molar-refractivity contribution is 7.47. The molecule has 0 aromatic heterocycles. The first-order valence-electron chi connectivity index (χ1n) is 20.4. The maximum absolute atomic E-state index is 12.9. The fourth-order valence-electron chi connectivity index (χ4n) is 5.31. The molecule has 0 aromatic rings. The van der Waals surface area contributed by atoms with Gasteiger partial charge >= 0.3 is 7.82 Å². The Bertz CT molecular complexity index is 1110. The van der Waals surface area contributed by atoms with Crippen molar-refractivity contribution in [3.63, 3.8) is 0 Å². The zero-order chi connectivity index (χ0) is 39.5. The lowest BCUT2D eigenvalue weighted by molar-refractivity contribution is -0.870. The van der Waals surface area contributed by atoms with Crippen molar-refractivity contribution in [3.05, 3.63) is 72.9 Å². The summed E-state index contributed by atoms with van der Waals surface area (Å²) in [5.41, 5.74) is 0. The van der Waals surface area contributed by atoms with Crippen LogP contribution in [0.2, 0.25) is 0 Å². The van der Waals surface area contributed by atoms with Crippen molar-refractivity contribution < 1.29 is 38.0 Å². The van der Waals surface area contributed by atoms with Crippen molar-refractivity contribution in [2.45, 2.75) is 154 Å². The Morgan fingerprint density at radius 2 is 1.21 bits per heavy atom. The molecule has 0 heterocycles. The van der Waals surface area contributed by atoms with Gasteiger partial charge in [-0.25, -0.2) is 4.57 Å². The monoisotopic (exact) mass is 766 g/mol. The molecule has 0 radical (unpaired) electrons. The summed E-state index contributed by atoms with van der Waals surface area (Å²) in [6, 6.07) is -1.07. The number of nitrogens with one attached hydrogen (secondary N) is 1. The highest BCUT2D eigenvalue weighted by atomic mass is 31.2. The first-order valence-corrected chi connectivity index (χ1v) is 21.8. The van der Waals surface area contributed by atoms with Gasteiger partial charge in [0.1, 0.15) is 19.3 Å². The summed E-state index contributed by atoms with van der Waals surface area (Å²) in [5.74, 6) is -0.290. The molecule has 0 aromatic carbocycles. The number of hydrogen-bond acceptors (Lipinski definition) is 6. The first kappa shape index (κ1) is 50.9. The van der Waals surface area contributed by atoms with Gasteiger partial charge in [-0.1, -0.05) is 112 Å². The Morgan fingerprint density at radius 3 is 1.81 bits per heavy atom. The topological polar surface area (TPSA) is 125 Å². The molecule has 10 heteroatoms. The molecule has 0 saturated heterocycles. The van der Waals surface area contributed by atoms with Gasteiger partial charge in [0, 0.05) is 6.42 Å².